The van der Waals surface area contributed by atoms with Gasteiger partial charge in [0.2, 0.25) is 0 Å². The summed E-state index contributed by atoms with van der Waals surface area (Å²) in [5.74, 6) is 5.88. The fourth-order valence-electron chi connectivity index (χ4n) is 1.92. The van der Waals surface area contributed by atoms with E-state index in [1.165, 1.54) is 6.20 Å². The van der Waals surface area contributed by atoms with Crippen molar-refractivity contribution in [3.8, 4) is 5.75 Å². The molecule has 1 heterocycles. The number of hydrazine groups is 1. The third kappa shape index (κ3) is 3.70. The first-order valence-corrected chi connectivity index (χ1v) is 6.45. The normalized spacial score (nSPS) is 10.0. The van der Waals surface area contributed by atoms with E-state index >= 15 is 0 Å². The van der Waals surface area contributed by atoms with Crippen molar-refractivity contribution in [3.05, 3.63) is 53.9 Å². The number of carbonyl (C=O) groups is 1. The zero-order chi connectivity index (χ0) is 15.2. The summed E-state index contributed by atoms with van der Waals surface area (Å²) >= 11 is 0. The number of carbonyl (C=O) groups excluding carboxylic acids is 1. The third-order valence-electron chi connectivity index (χ3n) is 3.05. The van der Waals surface area contributed by atoms with E-state index in [-0.39, 0.29) is 5.91 Å². The summed E-state index contributed by atoms with van der Waals surface area (Å²) < 4.78 is 5.17. The molecule has 2 aromatic rings. The number of rotatable bonds is 5. The van der Waals surface area contributed by atoms with Gasteiger partial charge in [0, 0.05) is 13.6 Å². The molecule has 0 fully saturated rings. The molecule has 6 heteroatoms. The molecule has 21 heavy (non-hydrogen) atoms. The molecule has 0 aliphatic carbocycles. The Kier molecular flexibility index (Phi) is 4.73. The van der Waals surface area contributed by atoms with E-state index in [0.717, 1.165) is 11.3 Å². The molecule has 3 N–H and O–H groups in total. The van der Waals surface area contributed by atoms with Crippen molar-refractivity contribution in [1.29, 1.82) is 0 Å². The van der Waals surface area contributed by atoms with E-state index in [2.05, 4.69) is 10.4 Å². The van der Waals surface area contributed by atoms with E-state index in [4.69, 9.17) is 10.6 Å². The molecule has 0 saturated carbocycles. The van der Waals surface area contributed by atoms with Crippen molar-refractivity contribution >= 4 is 11.6 Å². The molecule has 1 amide bonds. The lowest BCUT2D eigenvalue weighted by Crippen LogP contribution is -2.27. The van der Waals surface area contributed by atoms with E-state index < -0.39 is 0 Å². The number of pyridine rings is 1. The first-order valence-electron chi connectivity index (χ1n) is 6.45. The van der Waals surface area contributed by atoms with Gasteiger partial charge in [0.15, 0.2) is 0 Å². The second kappa shape index (κ2) is 6.71. The Morgan fingerprint density at radius 3 is 2.81 bits per heavy atom. The topological polar surface area (TPSA) is 80.5 Å². The van der Waals surface area contributed by atoms with Gasteiger partial charge in [-0.05, 0) is 29.8 Å². The Balaban J connectivity index is 2.07. The standard InChI is InChI=1S/C15H18N4O2/c1-19(10-11-4-3-5-13(8-11)21-2)15(20)14-7-6-12(18-16)9-17-14/h3-9,18H,10,16H2,1-2H3. The van der Waals surface area contributed by atoms with Crippen molar-refractivity contribution in [2.45, 2.75) is 6.54 Å². The summed E-state index contributed by atoms with van der Waals surface area (Å²) in [4.78, 5) is 18.0. The number of methoxy groups -OCH3 is 1. The minimum atomic E-state index is -0.151. The van der Waals surface area contributed by atoms with Crippen molar-refractivity contribution < 1.29 is 9.53 Å². The molecular formula is C15H18N4O2. The molecule has 6 nitrogen and oxygen atoms in total. The summed E-state index contributed by atoms with van der Waals surface area (Å²) in [6.45, 7) is 0.481. The molecule has 0 aliphatic heterocycles. The number of nitrogen functional groups attached to an aromatic ring is 1. The number of benzene rings is 1. The second-order valence-corrected chi connectivity index (χ2v) is 4.59. The molecule has 0 spiro atoms. The van der Waals surface area contributed by atoms with Crippen LogP contribution in [0.1, 0.15) is 16.1 Å². The highest BCUT2D eigenvalue weighted by molar-refractivity contribution is 5.92. The Hall–Kier alpha value is -2.60. The Morgan fingerprint density at radius 2 is 2.19 bits per heavy atom. The molecule has 2 rings (SSSR count). The summed E-state index contributed by atoms with van der Waals surface area (Å²) in [5.41, 5.74) is 4.49. The molecule has 110 valence electrons. The quantitative estimate of drug-likeness (QED) is 0.645. The van der Waals surface area contributed by atoms with Gasteiger partial charge in [0.05, 0.1) is 19.0 Å². The van der Waals surface area contributed by atoms with E-state index in [1.807, 2.05) is 24.3 Å². The summed E-state index contributed by atoms with van der Waals surface area (Å²) in [6.07, 6.45) is 1.52. The Labute approximate surface area is 123 Å². The monoisotopic (exact) mass is 286 g/mol. The maximum absolute atomic E-state index is 12.3. The van der Waals surface area contributed by atoms with Crippen LogP contribution in [0.3, 0.4) is 0 Å². The maximum atomic E-state index is 12.3. The Morgan fingerprint density at radius 1 is 1.38 bits per heavy atom. The number of anilines is 1. The lowest BCUT2D eigenvalue weighted by atomic mass is 10.2. The molecule has 0 unspecified atom stereocenters. The van der Waals surface area contributed by atoms with Crippen molar-refractivity contribution in [2.75, 3.05) is 19.6 Å². The van der Waals surface area contributed by atoms with Crippen molar-refractivity contribution in [1.82, 2.24) is 9.88 Å². The molecule has 0 aliphatic rings. The number of aromatic nitrogens is 1. The van der Waals surface area contributed by atoms with Gasteiger partial charge < -0.3 is 15.1 Å². The smallest absolute Gasteiger partial charge is 0.272 e. The SMILES string of the molecule is COc1cccc(CN(C)C(=O)c2ccc(NN)cn2)c1. The highest BCUT2D eigenvalue weighted by atomic mass is 16.5. The van der Waals surface area contributed by atoms with Gasteiger partial charge in [-0.3, -0.25) is 10.6 Å². The third-order valence-corrected chi connectivity index (χ3v) is 3.05. The summed E-state index contributed by atoms with van der Waals surface area (Å²) in [6, 6.07) is 11.0. The van der Waals surface area contributed by atoms with Gasteiger partial charge in [0.1, 0.15) is 11.4 Å². The molecule has 0 saturated heterocycles. The summed E-state index contributed by atoms with van der Waals surface area (Å²) in [5, 5.41) is 0. The van der Waals surface area contributed by atoms with Crippen LogP contribution in [0.5, 0.6) is 5.75 Å². The van der Waals surface area contributed by atoms with Gasteiger partial charge in [0.25, 0.3) is 5.91 Å². The zero-order valence-corrected chi connectivity index (χ0v) is 12.0. The van der Waals surface area contributed by atoms with Crippen LogP contribution in [0.2, 0.25) is 0 Å². The number of ether oxygens (including phenoxy) is 1. The van der Waals surface area contributed by atoms with E-state index in [0.29, 0.717) is 17.9 Å². The van der Waals surface area contributed by atoms with Gasteiger partial charge in [-0.25, -0.2) is 4.98 Å². The van der Waals surface area contributed by atoms with E-state index in [9.17, 15) is 4.79 Å². The molecule has 0 radical (unpaired) electrons. The first-order chi connectivity index (χ1) is 10.1. The second-order valence-electron chi connectivity index (χ2n) is 4.59. The average Bonchev–Trinajstić information content (AvgIpc) is 2.54. The largest absolute Gasteiger partial charge is 0.497 e. The molecule has 1 aromatic carbocycles. The van der Waals surface area contributed by atoms with Crippen molar-refractivity contribution in [3.63, 3.8) is 0 Å². The van der Waals surface area contributed by atoms with Crippen LogP contribution in [0.25, 0.3) is 0 Å². The van der Waals surface area contributed by atoms with Gasteiger partial charge in [-0.1, -0.05) is 12.1 Å². The summed E-state index contributed by atoms with van der Waals surface area (Å²) in [7, 11) is 3.35. The fourth-order valence-corrected chi connectivity index (χ4v) is 1.92. The predicted molar refractivity (Wildman–Crippen MR) is 80.8 cm³/mol. The van der Waals surface area contributed by atoms with Crippen LogP contribution in [0.4, 0.5) is 5.69 Å². The first kappa shape index (κ1) is 14.8. The number of nitrogens with zero attached hydrogens (tertiary/aromatic N) is 2. The minimum Gasteiger partial charge on any atom is -0.497 e. The van der Waals surface area contributed by atoms with Crippen LogP contribution >= 0.6 is 0 Å². The fraction of sp³-hybridized carbons (Fsp3) is 0.200. The predicted octanol–water partition coefficient (Wildman–Crippen LogP) is 1.65. The number of hydrogen-bond acceptors (Lipinski definition) is 5. The molecular weight excluding hydrogens is 268 g/mol. The van der Waals surface area contributed by atoms with Crippen LogP contribution in [-0.4, -0.2) is 29.9 Å². The number of nitrogens with one attached hydrogen (secondary N) is 1. The van der Waals surface area contributed by atoms with E-state index in [1.54, 1.807) is 31.2 Å². The number of amides is 1. The number of nitrogens with two attached hydrogens (primary N) is 1. The molecule has 1 aromatic heterocycles. The maximum Gasteiger partial charge on any atom is 0.272 e. The lowest BCUT2D eigenvalue weighted by Gasteiger charge is -2.17. The highest BCUT2D eigenvalue weighted by Crippen LogP contribution is 2.15. The zero-order valence-electron chi connectivity index (χ0n) is 12.0. The highest BCUT2D eigenvalue weighted by Gasteiger charge is 2.13. The van der Waals surface area contributed by atoms with Crippen LogP contribution < -0.4 is 16.0 Å². The molecule has 0 atom stereocenters. The lowest BCUT2D eigenvalue weighted by molar-refractivity contribution is 0.0779. The average molecular weight is 286 g/mol. The van der Waals surface area contributed by atoms with Crippen LogP contribution in [-0.2, 0) is 6.54 Å². The van der Waals surface area contributed by atoms with Crippen molar-refractivity contribution in [2.24, 2.45) is 5.84 Å². The van der Waals surface area contributed by atoms with Gasteiger partial charge in [-0.2, -0.15) is 0 Å². The number of hydrogen-bond donors (Lipinski definition) is 2. The van der Waals surface area contributed by atoms with Crippen LogP contribution in [0.15, 0.2) is 42.6 Å². The minimum absolute atomic E-state index is 0.151. The Bertz CT molecular complexity index is 613. The molecule has 0 bridgehead atoms. The van der Waals surface area contributed by atoms with Gasteiger partial charge >= 0.3 is 0 Å². The van der Waals surface area contributed by atoms with Gasteiger partial charge in [-0.15, -0.1) is 0 Å². The van der Waals surface area contributed by atoms with Crippen LogP contribution in [0, 0.1) is 0 Å².